The number of carbonyl (C=O) groups excluding carboxylic acids is 2. The molecule has 1 amide bonds. The molecule has 22 heavy (non-hydrogen) atoms. The number of Topliss-reactive ketones (excluding diaryl/α,β-unsaturated/α-hetero) is 1. The van der Waals surface area contributed by atoms with E-state index in [0.717, 1.165) is 33.5 Å². The number of rotatable bonds is 5. The second-order valence-corrected chi connectivity index (χ2v) is 5.29. The maximum atomic E-state index is 11.5. The molecule has 0 atom stereocenters. The van der Waals surface area contributed by atoms with Crippen molar-refractivity contribution in [3.63, 3.8) is 0 Å². The van der Waals surface area contributed by atoms with Gasteiger partial charge in [-0.2, -0.15) is 0 Å². The van der Waals surface area contributed by atoms with Crippen LogP contribution in [0.2, 0.25) is 0 Å². The van der Waals surface area contributed by atoms with E-state index >= 15 is 0 Å². The fraction of sp³-hybridized carbons (Fsp3) is 0.158. The summed E-state index contributed by atoms with van der Waals surface area (Å²) < 4.78 is 0. The van der Waals surface area contributed by atoms with Crippen molar-refractivity contribution in [2.75, 3.05) is 5.32 Å². The minimum absolute atomic E-state index is 0.0663. The monoisotopic (exact) mass is 293 g/mol. The fourth-order valence-corrected chi connectivity index (χ4v) is 2.23. The van der Waals surface area contributed by atoms with Crippen LogP contribution in [0.4, 0.5) is 5.69 Å². The van der Waals surface area contributed by atoms with Crippen LogP contribution in [0.25, 0.3) is 11.6 Å². The standard InChI is InChI=1S/C19H19NO2/c1-13-4-5-17(15(3)22)11-18(13)10-14(2)16-6-8-19(9-7-16)20-12-21/h4-12H,1-3H3,(H,20,21)/b14-10+. The zero-order chi connectivity index (χ0) is 16.1. The van der Waals surface area contributed by atoms with E-state index in [1.165, 1.54) is 0 Å². The first-order valence-electron chi connectivity index (χ1n) is 7.12. The van der Waals surface area contributed by atoms with Gasteiger partial charge in [-0.1, -0.05) is 30.3 Å². The normalized spacial score (nSPS) is 11.1. The number of amides is 1. The zero-order valence-corrected chi connectivity index (χ0v) is 13.0. The van der Waals surface area contributed by atoms with Gasteiger partial charge in [0.15, 0.2) is 5.78 Å². The van der Waals surface area contributed by atoms with E-state index in [4.69, 9.17) is 0 Å². The molecule has 0 bridgehead atoms. The molecular formula is C19H19NO2. The number of ketones is 1. The van der Waals surface area contributed by atoms with Crippen molar-refractivity contribution >= 4 is 29.5 Å². The molecule has 0 aliphatic rings. The van der Waals surface area contributed by atoms with Crippen molar-refractivity contribution in [2.45, 2.75) is 20.8 Å². The Kier molecular flexibility index (Phi) is 4.89. The molecule has 2 rings (SSSR count). The second-order valence-electron chi connectivity index (χ2n) is 5.29. The second kappa shape index (κ2) is 6.85. The molecular weight excluding hydrogens is 274 g/mol. The van der Waals surface area contributed by atoms with Crippen LogP contribution in [-0.4, -0.2) is 12.2 Å². The van der Waals surface area contributed by atoms with Crippen LogP contribution in [0.3, 0.4) is 0 Å². The largest absolute Gasteiger partial charge is 0.329 e. The van der Waals surface area contributed by atoms with Crippen molar-refractivity contribution in [3.05, 3.63) is 64.7 Å². The SMILES string of the molecule is CC(=O)c1ccc(C)c(/C=C(\C)c2ccc(NC=O)cc2)c1. The predicted molar refractivity (Wildman–Crippen MR) is 90.9 cm³/mol. The molecule has 0 spiro atoms. The molecule has 0 saturated carbocycles. The van der Waals surface area contributed by atoms with Crippen LogP contribution in [0.1, 0.15) is 40.9 Å². The van der Waals surface area contributed by atoms with E-state index < -0.39 is 0 Å². The van der Waals surface area contributed by atoms with E-state index in [2.05, 4.69) is 11.4 Å². The smallest absolute Gasteiger partial charge is 0.211 e. The Labute approximate surface area is 130 Å². The van der Waals surface area contributed by atoms with Crippen molar-refractivity contribution < 1.29 is 9.59 Å². The van der Waals surface area contributed by atoms with Crippen LogP contribution in [0.5, 0.6) is 0 Å². The Bertz CT molecular complexity index is 728. The van der Waals surface area contributed by atoms with Crippen LogP contribution in [0.15, 0.2) is 42.5 Å². The topological polar surface area (TPSA) is 46.2 Å². The van der Waals surface area contributed by atoms with Crippen LogP contribution in [0, 0.1) is 6.92 Å². The average Bonchev–Trinajstić information content (AvgIpc) is 2.50. The van der Waals surface area contributed by atoms with Gasteiger partial charge in [0.05, 0.1) is 0 Å². The lowest BCUT2D eigenvalue weighted by Crippen LogP contribution is -1.94. The molecule has 0 radical (unpaired) electrons. The van der Waals surface area contributed by atoms with E-state index in [-0.39, 0.29) is 5.78 Å². The Morgan fingerprint density at radius 1 is 1.00 bits per heavy atom. The number of hydrogen-bond acceptors (Lipinski definition) is 2. The molecule has 2 aromatic rings. The third kappa shape index (κ3) is 3.70. The summed E-state index contributed by atoms with van der Waals surface area (Å²) in [5.41, 5.74) is 5.82. The van der Waals surface area contributed by atoms with Crippen LogP contribution < -0.4 is 5.32 Å². The highest BCUT2D eigenvalue weighted by Crippen LogP contribution is 2.22. The molecule has 0 unspecified atom stereocenters. The summed E-state index contributed by atoms with van der Waals surface area (Å²) in [6.45, 7) is 5.63. The van der Waals surface area contributed by atoms with Gasteiger partial charge in [0.25, 0.3) is 0 Å². The lowest BCUT2D eigenvalue weighted by Gasteiger charge is -2.07. The van der Waals surface area contributed by atoms with Gasteiger partial charge in [0, 0.05) is 11.3 Å². The van der Waals surface area contributed by atoms with Crippen molar-refractivity contribution in [1.29, 1.82) is 0 Å². The van der Waals surface area contributed by atoms with Gasteiger partial charge in [-0.05, 0) is 61.2 Å². The van der Waals surface area contributed by atoms with Gasteiger partial charge in [0.2, 0.25) is 6.41 Å². The Morgan fingerprint density at radius 2 is 1.64 bits per heavy atom. The van der Waals surface area contributed by atoms with Crippen LogP contribution in [-0.2, 0) is 4.79 Å². The number of hydrogen-bond donors (Lipinski definition) is 1. The lowest BCUT2D eigenvalue weighted by molar-refractivity contribution is -0.105. The molecule has 112 valence electrons. The minimum atomic E-state index is 0.0663. The van der Waals surface area contributed by atoms with Crippen LogP contribution >= 0.6 is 0 Å². The quantitative estimate of drug-likeness (QED) is 0.507. The first-order valence-corrected chi connectivity index (χ1v) is 7.12. The Hall–Kier alpha value is -2.68. The number of aryl methyl sites for hydroxylation is 1. The summed E-state index contributed by atoms with van der Waals surface area (Å²) in [5, 5.41) is 2.61. The maximum absolute atomic E-state index is 11.5. The van der Waals surface area contributed by atoms with Gasteiger partial charge >= 0.3 is 0 Å². The van der Waals surface area contributed by atoms with E-state index in [9.17, 15) is 9.59 Å². The van der Waals surface area contributed by atoms with E-state index in [1.807, 2.05) is 56.3 Å². The summed E-state index contributed by atoms with van der Waals surface area (Å²) in [4.78, 5) is 21.9. The molecule has 0 aromatic heterocycles. The highest BCUT2D eigenvalue weighted by atomic mass is 16.1. The third-order valence-corrected chi connectivity index (χ3v) is 3.62. The first-order chi connectivity index (χ1) is 10.5. The summed E-state index contributed by atoms with van der Waals surface area (Å²) in [5.74, 6) is 0.0663. The van der Waals surface area contributed by atoms with Gasteiger partial charge in [-0.25, -0.2) is 0 Å². The highest BCUT2D eigenvalue weighted by molar-refractivity contribution is 5.95. The van der Waals surface area contributed by atoms with Gasteiger partial charge in [0.1, 0.15) is 0 Å². The predicted octanol–water partition coefficient (Wildman–Crippen LogP) is 4.33. The molecule has 0 aliphatic carbocycles. The maximum Gasteiger partial charge on any atom is 0.211 e. The molecule has 0 fully saturated rings. The first kappa shape index (κ1) is 15.7. The number of anilines is 1. The molecule has 1 N–H and O–H groups in total. The molecule has 0 saturated heterocycles. The number of carbonyl (C=O) groups is 2. The van der Waals surface area contributed by atoms with Gasteiger partial charge in [-0.15, -0.1) is 0 Å². The summed E-state index contributed by atoms with van der Waals surface area (Å²) in [7, 11) is 0. The summed E-state index contributed by atoms with van der Waals surface area (Å²) >= 11 is 0. The molecule has 3 heteroatoms. The third-order valence-electron chi connectivity index (χ3n) is 3.62. The van der Waals surface area contributed by atoms with E-state index in [1.54, 1.807) is 6.92 Å². The van der Waals surface area contributed by atoms with Crippen molar-refractivity contribution in [3.8, 4) is 0 Å². The van der Waals surface area contributed by atoms with E-state index in [0.29, 0.717) is 6.41 Å². The fourth-order valence-electron chi connectivity index (χ4n) is 2.23. The van der Waals surface area contributed by atoms with Crippen molar-refractivity contribution in [1.82, 2.24) is 0 Å². The van der Waals surface area contributed by atoms with Gasteiger partial charge < -0.3 is 5.32 Å². The lowest BCUT2D eigenvalue weighted by atomic mass is 9.98. The highest BCUT2D eigenvalue weighted by Gasteiger charge is 2.04. The van der Waals surface area contributed by atoms with Crippen molar-refractivity contribution in [2.24, 2.45) is 0 Å². The summed E-state index contributed by atoms with van der Waals surface area (Å²) in [6.07, 6.45) is 2.73. The summed E-state index contributed by atoms with van der Waals surface area (Å²) in [6, 6.07) is 13.4. The molecule has 0 heterocycles. The average molecular weight is 293 g/mol. The molecule has 3 nitrogen and oxygen atoms in total. The molecule has 0 aliphatic heterocycles. The Balaban J connectivity index is 2.33. The Morgan fingerprint density at radius 3 is 2.23 bits per heavy atom. The number of nitrogens with one attached hydrogen (secondary N) is 1. The van der Waals surface area contributed by atoms with Gasteiger partial charge in [-0.3, -0.25) is 9.59 Å². The minimum Gasteiger partial charge on any atom is -0.329 e. The zero-order valence-electron chi connectivity index (χ0n) is 13.0. The number of allylic oxidation sites excluding steroid dienone is 1. The molecule has 2 aromatic carbocycles. The number of benzene rings is 2.